The van der Waals surface area contributed by atoms with Gasteiger partial charge in [-0.2, -0.15) is 0 Å². The Morgan fingerprint density at radius 2 is 2.10 bits per heavy atom. The molecule has 20 heavy (non-hydrogen) atoms. The van der Waals surface area contributed by atoms with E-state index in [0.717, 1.165) is 12.1 Å². The SMILES string of the molecule is O=[N+]([O-])c1cccc(Cl)c1CNCCc1ccccn1. The van der Waals surface area contributed by atoms with E-state index in [1.807, 2.05) is 18.2 Å². The van der Waals surface area contributed by atoms with Crippen molar-refractivity contribution in [1.82, 2.24) is 10.3 Å². The van der Waals surface area contributed by atoms with E-state index in [2.05, 4.69) is 10.3 Å². The van der Waals surface area contributed by atoms with Gasteiger partial charge < -0.3 is 5.32 Å². The molecule has 1 aromatic heterocycles. The van der Waals surface area contributed by atoms with Gasteiger partial charge in [0.2, 0.25) is 0 Å². The largest absolute Gasteiger partial charge is 0.312 e. The molecule has 0 unspecified atom stereocenters. The number of pyridine rings is 1. The predicted molar refractivity (Wildman–Crippen MR) is 77.8 cm³/mol. The van der Waals surface area contributed by atoms with E-state index in [-0.39, 0.29) is 5.69 Å². The molecular weight excluding hydrogens is 278 g/mol. The first-order valence-electron chi connectivity index (χ1n) is 6.21. The second-order valence-corrected chi connectivity index (χ2v) is 4.65. The fourth-order valence-electron chi connectivity index (χ4n) is 1.87. The van der Waals surface area contributed by atoms with Gasteiger partial charge in [0.05, 0.1) is 15.5 Å². The van der Waals surface area contributed by atoms with E-state index in [1.165, 1.54) is 6.07 Å². The molecule has 5 nitrogen and oxygen atoms in total. The molecule has 0 radical (unpaired) electrons. The minimum atomic E-state index is -0.415. The monoisotopic (exact) mass is 291 g/mol. The van der Waals surface area contributed by atoms with Gasteiger partial charge in [0.15, 0.2) is 0 Å². The molecule has 104 valence electrons. The van der Waals surface area contributed by atoms with Crippen LogP contribution < -0.4 is 5.32 Å². The van der Waals surface area contributed by atoms with Crippen molar-refractivity contribution in [3.05, 3.63) is 69.0 Å². The molecule has 0 spiro atoms. The number of nitro groups is 1. The smallest absolute Gasteiger partial charge is 0.275 e. The molecule has 1 heterocycles. The molecule has 0 atom stereocenters. The molecule has 1 N–H and O–H groups in total. The van der Waals surface area contributed by atoms with E-state index < -0.39 is 4.92 Å². The maximum atomic E-state index is 10.9. The van der Waals surface area contributed by atoms with Gasteiger partial charge in [0.25, 0.3) is 5.69 Å². The Morgan fingerprint density at radius 1 is 1.25 bits per heavy atom. The van der Waals surface area contributed by atoms with Gasteiger partial charge in [-0.25, -0.2) is 0 Å². The molecule has 6 heteroatoms. The first-order chi connectivity index (χ1) is 9.68. The quantitative estimate of drug-likeness (QED) is 0.505. The molecule has 0 saturated heterocycles. The van der Waals surface area contributed by atoms with E-state index in [1.54, 1.807) is 18.3 Å². The maximum absolute atomic E-state index is 10.9. The van der Waals surface area contributed by atoms with Crippen molar-refractivity contribution in [2.24, 2.45) is 0 Å². The Hall–Kier alpha value is -1.98. The molecule has 2 rings (SSSR count). The Kier molecular flexibility index (Phi) is 5.03. The Bertz CT molecular complexity index is 590. The molecule has 0 aliphatic rings. The van der Waals surface area contributed by atoms with E-state index >= 15 is 0 Å². The molecule has 0 fully saturated rings. The summed E-state index contributed by atoms with van der Waals surface area (Å²) in [4.78, 5) is 14.7. The van der Waals surface area contributed by atoms with E-state index in [9.17, 15) is 10.1 Å². The summed E-state index contributed by atoms with van der Waals surface area (Å²) in [5, 5.41) is 14.5. The van der Waals surface area contributed by atoms with Crippen molar-refractivity contribution in [3.8, 4) is 0 Å². The van der Waals surface area contributed by atoms with Crippen molar-refractivity contribution in [2.45, 2.75) is 13.0 Å². The number of rotatable bonds is 6. The highest BCUT2D eigenvalue weighted by molar-refractivity contribution is 6.31. The summed E-state index contributed by atoms with van der Waals surface area (Å²) < 4.78 is 0. The lowest BCUT2D eigenvalue weighted by molar-refractivity contribution is -0.385. The lowest BCUT2D eigenvalue weighted by Crippen LogP contribution is -2.18. The van der Waals surface area contributed by atoms with Crippen molar-refractivity contribution in [1.29, 1.82) is 0 Å². The zero-order valence-corrected chi connectivity index (χ0v) is 11.5. The summed E-state index contributed by atoms with van der Waals surface area (Å²) in [6.07, 6.45) is 2.51. The van der Waals surface area contributed by atoms with Crippen LogP contribution in [0.1, 0.15) is 11.3 Å². The van der Waals surface area contributed by atoms with Crippen LogP contribution in [0.3, 0.4) is 0 Å². The van der Waals surface area contributed by atoms with Crippen molar-refractivity contribution in [2.75, 3.05) is 6.54 Å². The first-order valence-corrected chi connectivity index (χ1v) is 6.58. The van der Waals surface area contributed by atoms with Gasteiger partial charge >= 0.3 is 0 Å². The Labute approximate surface area is 121 Å². The third kappa shape index (κ3) is 3.76. The number of hydrogen-bond donors (Lipinski definition) is 1. The topological polar surface area (TPSA) is 68.1 Å². The minimum Gasteiger partial charge on any atom is -0.312 e. The minimum absolute atomic E-state index is 0.0443. The molecule has 0 bridgehead atoms. The predicted octanol–water partition coefficient (Wildman–Crippen LogP) is 2.98. The summed E-state index contributed by atoms with van der Waals surface area (Å²) in [6, 6.07) is 10.4. The fraction of sp³-hybridized carbons (Fsp3) is 0.214. The van der Waals surface area contributed by atoms with Gasteiger partial charge in [-0.1, -0.05) is 23.7 Å². The van der Waals surface area contributed by atoms with Gasteiger partial charge in [-0.3, -0.25) is 15.1 Å². The van der Waals surface area contributed by atoms with Crippen LogP contribution in [-0.4, -0.2) is 16.5 Å². The van der Waals surface area contributed by atoms with Crippen LogP contribution in [0.4, 0.5) is 5.69 Å². The standard InChI is InChI=1S/C14H14ClN3O2/c15-13-5-3-6-14(18(19)20)12(13)10-16-9-7-11-4-1-2-8-17-11/h1-6,8,16H,7,9-10H2. The summed E-state index contributed by atoms with van der Waals surface area (Å²) in [5.74, 6) is 0. The number of halogens is 1. The summed E-state index contributed by atoms with van der Waals surface area (Å²) in [7, 11) is 0. The molecule has 0 amide bonds. The summed E-state index contributed by atoms with van der Waals surface area (Å²) in [5.41, 5.74) is 1.54. The van der Waals surface area contributed by atoms with Crippen LogP contribution in [0.2, 0.25) is 5.02 Å². The van der Waals surface area contributed by atoms with Crippen LogP contribution in [0.25, 0.3) is 0 Å². The normalized spacial score (nSPS) is 10.4. The first kappa shape index (κ1) is 14.4. The number of aromatic nitrogens is 1. The molecule has 0 aliphatic carbocycles. The van der Waals surface area contributed by atoms with Crippen LogP contribution in [0.5, 0.6) is 0 Å². The highest BCUT2D eigenvalue weighted by Gasteiger charge is 2.15. The highest BCUT2D eigenvalue weighted by Crippen LogP contribution is 2.25. The number of nitro benzene ring substituents is 1. The van der Waals surface area contributed by atoms with Crippen LogP contribution in [0, 0.1) is 10.1 Å². The molecule has 0 saturated carbocycles. The molecule has 2 aromatic rings. The van der Waals surface area contributed by atoms with Gasteiger partial charge in [0.1, 0.15) is 0 Å². The van der Waals surface area contributed by atoms with Crippen molar-refractivity contribution >= 4 is 17.3 Å². The van der Waals surface area contributed by atoms with Gasteiger partial charge in [-0.05, 0) is 18.2 Å². The summed E-state index contributed by atoms with van der Waals surface area (Å²) >= 11 is 6.01. The molecular formula is C14H14ClN3O2. The third-order valence-electron chi connectivity index (χ3n) is 2.88. The Morgan fingerprint density at radius 3 is 2.80 bits per heavy atom. The maximum Gasteiger partial charge on any atom is 0.275 e. The lowest BCUT2D eigenvalue weighted by atomic mass is 10.1. The van der Waals surface area contributed by atoms with E-state index in [0.29, 0.717) is 23.7 Å². The summed E-state index contributed by atoms with van der Waals surface area (Å²) in [6.45, 7) is 1.04. The third-order valence-corrected chi connectivity index (χ3v) is 3.23. The second-order valence-electron chi connectivity index (χ2n) is 4.24. The number of benzene rings is 1. The number of nitrogens with zero attached hydrogens (tertiary/aromatic N) is 2. The van der Waals surface area contributed by atoms with Crippen molar-refractivity contribution in [3.63, 3.8) is 0 Å². The fourth-order valence-corrected chi connectivity index (χ4v) is 2.11. The average Bonchev–Trinajstić information content (AvgIpc) is 2.45. The average molecular weight is 292 g/mol. The van der Waals surface area contributed by atoms with Gasteiger partial charge in [-0.15, -0.1) is 0 Å². The number of nitrogens with one attached hydrogen (secondary N) is 1. The zero-order valence-electron chi connectivity index (χ0n) is 10.8. The molecule has 1 aromatic carbocycles. The van der Waals surface area contributed by atoms with Crippen LogP contribution in [0.15, 0.2) is 42.6 Å². The lowest BCUT2D eigenvalue weighted by Gasteiger charge is -2.07. The van der Waals surface area contributed by atoms with Gasteiger partial charge in [0, 0.05) is 37.5 Å². The molecule has 0 aliphatic heterocycles. The van der Waals surface area contributed by atoms with Crippen LogP contribution in [-0.2, 0) is 13.0 Å². The zero-order chi connectivity index (χ0) is 14.4. The second kappa shape index (κ2) is 6.98. The van der Waals surface area contributed by atoms with E-state index in [4.69, 9.17) is 11.6 Å². The number of hydrogen-bond acceptors (Lipinski definition) is 4. The highest BCUT2D eigenvalue weighted by atomic mass is 35.5. The van der Waals surface area contributed by atoms with Crippen molar-refractivity contribution < 1.29 is 4.92 Å². The van der Waals surface area contributed by atoms with Crippen LogP contribution >= 0.6 is 11.6 Å². The Balaban J connectivity index is 1.93.